The molecule has 2 N–H and O–H groups in total. The summed E-state index contributed by atoms with van der Waals surface area (Å²) in [6.07, 6.45) is 2.91. The van der Waals surface area contributed by atoms with Gasteiger partial charge in [-0.3, -0.25) is 0 Å². The van der Waals surface area contributed by atoms with Crippen molar-refractivity contribution in [3.63, 3.8) is 0 Å². The van der Waals surface area contributed by atoms with Crippen molar-refractivity contribution in [2.75, 3.05) is 25.0 Å². The molecule has 0 radical (unpaired) electrons. The second-order valence-corrected chi connectivity index (χ2v) is 7.87. The average molecular weight is 337 g/mol. The van der Waals surface area contributed by atoms with Crippen molar-refractivity contribution in [1.82, 2.24) is 4.90 Å². The number of piperidine rings is 1. The maximum Gasteiger partial charge on any atom is 0.321 e. The van der Waals surface area contributed by atoms with E-state index in [4.69, 9.17) is 0 Å². The van der Waals surface area contributed by atoms with Gasteiger partial charge in [-0.25, -0.2) is 4.79 Å². The number of aryl methyl sites for hydroxylation is 1. The number of hydrogen-bond acceptors (Lipinski definition) is 3. The zero-order valence-corrected chi connectivity index (χ0v) is 15.2. The van der Waals surface area contributed by atoms with E-state index in [-0.39, 0.29) is 12.6 Å². The van der Waals surface area contributed by atoms with E-state index >= 15 is 0 Å². The number of rotatable bonds is 5. The van der Waals surface area contributed by atoms with Gasteiger partial charge >= 0.3 is 6.03 Å². The molecule has 1 fully saturated rings. The molecule has 0 aromatic heterocycles. The lowest BCUT2D eigenvalue weighted by Crippen LogP contribution is -2.41. The van der Waals surface area contributed by atoms with Crippen LogP contribution in [0.4, 0.5) is 10.5 Å². The normalized spacial score (nSPS) is 17.1. The van der Waals surface area contributed by atoms with Gasteiger partial charge in [0.05, 0.1) is 0 Å². The predicted molar refractivity (Wildman–Crippen MR) is 97.2 cm³/mol. The highest BCUT2D eigenvalue weighted by atomic mass is 32.2. The highest BCUT2D eigenvalue weighted by molar-refractivity contribution is 7.99. The number of thioether (sulfide) groups is 1. The van der Waals surface area contributed by atoms with Gasteiger partial charge in [0.2, 0.25) is 0 Å². The topological polar surface area (TPSA) is 52.6 Å². The van der Waals surface area contributed by atoms with Gasteiger partial charge in [-0.2, -0.15) is 0 Å². The van der Waals surface area contributed by atoms with Crippen molar-refractivity contribution in [2.45, 2.75) is 50.2 Å². The molecule has 1 saturated heterocycles. The van der Waals surface area contributed by atoms with Crippen LogP contribution in [0.15, 0.2) is 23.1 Å². The molecule has 1 aromatic rings. The minimum absolute atomic E-state index is 0.0354. The van der Waals surface area contributed by atoms with Gasteiger partial charge in [0.1, 0.15) is 0 Å². The van der Waals surface area contributed by atoms with E-state index in [0.29, 0.717) is 11.2 Å². The molecule has 1 aliphatic heterocycles. The highest BCUT2D eigenvalue weighted by Gasteiger charge is 2.22. The van der Waals surface area contributed by atoms with E-state index < -0.39 is 0 Å². The van der Waals surface area contributed by atoms with Crippen molar-refractivity contribution >= 4 is 23.5 Å². The molecule has 1 heterocycles. The fraction of sp³-hybridized carbons (Fsp3) is 0.611. The summed E-state index contributed by atoms with van der Waals surface area (Å²) < 4.78 is 0. The van der Waals surface area contributed by atoms with E-state index in [0.717, 1.165) is 43.6 Å². The summed E-state index contributed by atoms with van der Waals surface area (Å²) in [5.41, 5.74) is 1.98. The first kappa shape index (κ1) is 18.1. The third-order valence-electron chi connectivity index (χ3n) is 4.51. The number of carbonyl (C=O) groups is 1. The van der Waals surface area contributed by atoms with Crippen LogP contribution in [0.3, 0.4) is 0 Å². The number of anilines is 1. The largest absolute Gasteiger partial charge is 0.396 e. The van der Waals surface area contributed by atoms with Gasteiger partial charge in [0.25, 0.3) is 0 Å². The molecule has 0 spiro atoms. The maximum absolute atomic E-state index is 12.4. The Hall–Kier alpha value is -1.20. The first-order valence-electron chi connectivity index (χ1n) is 8.47. The standard InChI is InChI=1S/C18H28N2O2S/c1-4-14(3)23-16-5-6-17(13(2)11-16)19-18(22)20-9-7-15(12-21)8-10-20/h5-6,11,14-15,21H,4,7-10,12H2,1-3H3,(H,19,22)/t14-/m0/s1. The molecule has 0 aliphatic carbocycles. The third kappa shape index (κ3) is 5.15. The summed E-state index contributed by atoms with van der Waals surface area (Å²) >= 11 is 1.87. The molecule has 2 rings (SSSR count). The molecule has 1 aliphatic rings. The minimum Gasteiger partial charge on any atom is -0.396 e. The van der Waals surface area contributed by atoms with Crippen LogP contribution in [-0.2, 0) is 0 Å². The molecule has 0 saturated carbocycles. The Balaban J connectivity index is 1.93. The zero-order valence-electron chi connectivity index (χ0n) is 14.3. The summed E-state index contributed by atoms with van der Waals surface area (Å²) in [7, 11) is 0. The Morgan fingerprint density at radius 1 is 1.43 bits per heavy atom. The van der Waals surface area contributed by atoms with Gasteiger partial charge in [0.15, 0.2) is 0 Å². The van der Waals surface area contributed by atoms with E-state index in [1.165, 1.54) is 4.90 Å². The van der Waals surface area contributed by atoms with Crippen molar-refractivity contribution in [3.8, 4) is 0 Å². The zero-order chi connectivity index (χ0) is 16.8. The minimum atomic E-state index is -0.0354. The first-order valence-corrected chi connectivity index (χ1v) is 9.35. The number of urea groups is 1. The summed E-state index contributed by atoms with van der Waals surface area (Å²) in [6.45, 7) is 8.12. The second kappa shape index (κ2) is 8.60. The van der Waals surface area contributed by atoms with E-state index in [1.54, 1.807) is 0 Å². The van der Waals surface area contributed by atoms with Crippen LogP contribution in [0.5, 0.6) is 0 Å². The fourth-order valence-corrected chi connectivity index (χ4v) is 3.70. The molecule has 0 bridgehead atoms. The number of amides is 2. The molecular formula is C18H28N2O2S. The van der Waals surface area contributed by atoms with Crippen LogP contribution in [0.1, 0.15) is 38.7 Å². The molecule has 128 valence electrons. The third-order valence-corrected chi connectivity index (χ3v) is 5.77. The van der Waals surface area contributed by atoms with Crippen LogP contribution in [0, 0.1) is 12.8 Å². The van der Waals surface area contributed by atoms with Crippen LogP contribution >= 0.6 is 11.8 Å². The number of nitrogens with one attached hydrogen (secondary N) is 1. The van der Waals surface area contributed by atoms with Crippen molar-refractivity contribution < 1.29 is 9.90 Å². The number of carbonyl (C=O) groups excluding carboxylic acids is 1. The average Bonchev–Trinajstić information content (AvgIpc) is 2.57. The number of hydrogen-bond donors (Lipinski definition) is 2. The lowest BCUT2D eigenvalue weighted by molar-refractivity contribution is 0.143. The molecule has 4 nitrogen and oxygen atoms in total. The van der Waals surface area contributed by atoms with Crippen LogP contribution in [0.2, 0.25) is 0 Å². The smallest absolute Gasteiger partial charge is 0.321 e. The molecule has 0 unspecified atom stereocenters. The van der Waals surface area contributed by atoms with E-state index in [2.05, 4.69) is 31.3 Å². The van der Waals surface area contributed by atoms with Gasteiger partial charge in [-0.1, -0.05) is 13.8 Å². The van der Waals surface area contributed by atoms with E-state index in [1.807, 2.05) is 29.7 Å². The Morgan fingerprint density at radius 2 is 2.13 bits per heavy atom. The number of likely N-dealkylation sites (tertiary alicyclic amines) is 1. The van der Waals surface area contributed by atoms with Crippen LogP contribution < -0.4 is 5.32 Å². The second-order valence-electron chi connectivity index (χ2n) is 6.36. The number of benzene rings is 1. The van der Waals surface area contributed by atoms with Crippen LogP contribution in [0.25, 0.3) is 0 Å². The highest BCUT2D eigenvalue weighted by Crippen LogP contribution is 2.28. The maximum atomic E-state index is 12.4. The van der Waals surface area contributed by atoms with E-state index in [9.17, 15) is 9.90 Å². The van der Waals surface area contributed by atoms with Crippen molar-refractivity contribution in [2.24, 2.45) is 5.92 Å². The Bertz CT molecular complexity index is 528. The Morgan fingerprint density at radius 3 is 2.70 bits per heavy atom. The fourth-order valence-electron chi connectivity index (χ4n) is 2.68. The Kier molecular flexibility index (Phi) is 6.78. The van der Waals surface area contributed by atoms with Gasteiger partial charge in [-0.15, -0.1) is 11.8 Å². The lowest BCUT2D eigenvalue weighted by atomic mass is 9.98. The number of nitrogens with zero attached hydrogens (tertiary/aromatic N) is 1. The summed E-state index contributed by atoms with van der Waals surface area (Å²) in [6, 6.07) is 6.19. The molecule has 2 amide bonds. The Labute approximate surface area is 143 Å². The molecule has 5 heteroatoms. The van der Waals surface area contributed by atoms with Crippen molar-refractivity contribution in [3.05, 3.63) is 23.8 Å². The van der Waals surface area contributed by atoms with Gasteiger partial charge < -0.3 is 15.3 Å². The number of aliphatic hydroxyl groups excluding tert-OH is 1. The lowest BCUT2D eigenvalue weighted by Gasteiger charge is -2.31. The first-order chi connectivity index (χ1) is 11.0. The molecule has 1 aromatic carbocycles. The van der Waals surface area contributed by atoms with Gasteiger partial charge in [0, 0.05) is 35.5 Å². The SMILES string of the molecule is CC[C@H](C)Sc1ccc(NC(=O)N2CCC(CO)CC2)c(C)c1. The van der Waals surface area contributed by atoms with Crippen LogP contribution in [-0.4, -0.2) is 41.0 Å². The quantitative estimate of drug-likeness (QED) is 0.795. The molecule has 23 heavy (non-hydrogen) atoms. The van der Waals surface area contributed by atoms with Gasteiger partial charge in [-0.05, 0) is 55.9 Å². The van der Waals surface area contributed by atoms with Crippen molar-refractivity contribution in [1.29, 1.82) is 0 Å². The molecular weight excluding hydrogens is 308 g/mol. The summed E-state index contributed by atoms with van der Waals surface area (Å²) in [4.78, 5) is 15.5. The monoisotopic (exact) mass is 336 g/mol. The number of aliphatic hydroxyl groups is 1. The summed E-state index contributed by atoms with van der Waals surface area (Å²) in [5.74, 6) is 0.345. The predicted octanol–water partition coefficient (Wildman–Crippen LogP) is 4.12. The summed E-state index contributed by atoms with van der Waals surface area (Å²) in [5, 5.41) is 12.8. The molecule has 1 atom stereocenters.